The summed E-state index contributed by atoms with van der Waals surface area (Å²) in [6.45, 7) is 0.599. The molecule has 4 amide bonds. The van der Waals surface area contributed by atoms with Crippen molar-refractivity contribution in [3.63, 3.8) is 0 Å². The number of piperazine rings is 1. The molecule has 2 atom stereocenters. The number of nitrogens with one attached hydrogen (secondary N) is 2. The Kier molecular flexibility index (Phi) is 7.77. The Balaban J connectivity index is 1.17. The molecule has 0 spiro atoms. The molecule has 14 nitrogen and oxygen atoms in total. The lowest BCUT2D eigenvalue weighted by atomic mass is 9.99. The van der Waals surface area contributed by atoms with Gasteiger partial charge in [0.1, 0.15) is 18.0 Å². The van der Waals surface area contributed by atoms with Gasteiger partial charge in [-0.15, -0.1) is 0 Å². The summed E-state index contributed by atoms with van der Waals surface area (Å²) in [7, 11) is 3.20. The number of carbonyl (C=O) groups is 3. The topological polar surface area (TPSA) is 170 Å². The Hall–Kier alpha value is -5.41. The minimum Gasteiger partial charge on any atom is -0.497 e. The van der Waals surface area contributed by atoms with E-state index < -0.39 is 24.0 Å². The zero-order valence-electron chi connectivity index (χ0n) is 25.6. The van der Waals surface area contributed by atoms with Gasteiger partial charge in [-0.3, -0.25) is 19.6 Å². The van der Waals surface area contributed by atoms with E-state index in [2.05, 4.69) is 15.3 Å². The van der Waals surface area contributed by atoms with Gasteiger partial charge >= 0.3 is 11.8 Å². The van der Waals surface area contributed by atoms with Gasteiger partial charge in [-0.1, -0.05) is 41.7 Å². The normalized spacial score (nSPS) is 18.3. The molecule has 0 radical (unpaired) electrons. The number of nitrogen functional groups attached to an aromatic ring is 1. The lowest BCUT2D eigenvalue weighted by Crippen LogP contribution is -2.65. The van der Waals surface area contributed by atoms with Crippen LogP contribution in [0.1, 0.15) is 16.7 Å². The molecule has 242 valence electrons. The highest BCUT2D eigenvalue weighted by Gasteiger charge is 2.51. The lowest BCUT2D eigenvalue weighted by Gasteiger charge is -2.45. The van der Waals surface area contributed by atoms with Crippen LogP contribution in [-0.4, -0.2) is 87.1 Å². The van der Waals surface area contributed by atoms with E-state index >= 15 is 0 Å². The number of anilines is 1. The highest BCUT2D eigenvalue weighted by atomic mass is 32.1. The first-order valence-electron chi connectivity index (χ1n) is 14.9. The second-order valence-corrected chi connectivity index (χ2v) is 12.6. The number of carbonyl (C=O) groups excluding carboxylic acids is 3. The van der Waals surface area contributed by atoms with Crippen LogP contribution in [0.15, 0.2) is 69.9 Å². The zero-order valence-corrected chi connectivity index (χ0v) is 26.5. The van der Waals surface area contributed by atoms with Crippen molar-refractivity contribution >= 4 is 55.6 Å². The number of nitrogens with zero attached hydrogens (tertiary/aromatic N) is 5. The molecule has 2 saturated heterocycles. The van der Waals surface area contributed by atoms with Crippen molar-refractivity contribution in [3.8, 4) is 5.75 Å². The summed E-state index contributed by atoms with van der Waals surface area (Å²) in [6.07, 6.45) is -0.422. The van der Waals surface area contributed by atoms with E-state index in [0.717, 1.165) is 26.9 Å². The lowest BCUT2D eigenvalue weighted by molar-refractivity contribution is -0.157. The predicted molar refractivity (Wildman–Crippen MR) is 174 cm³/mol. The number of benzene rings is 3. The molecule has 0 bridgehead atoms. The van der Waals surface area contributed by atoms with Crippen molar-refractivity contribution in [1.29, 1.82) is 0 Å². The monoisotopic (exact) mass is 656 g/mol. The quantitative estimate of drug-likeness (QED) is 0.227. The second kappa shape index (κ2) is 12.1. The Bertz CT molecular complexity index is 2060. The van der Waals surface area contributed by atoms with Gasteiger partial charge in [-0.2, -0.15) is 5.01 Å². The maximum atomic E-state index is 14.2. The minimum absolute atomic E-state index is 0.0823. The number of hydrogen-bond donors (Lipinski definition) is 3. The Morgan fingerprint density at radius 3 is 2.72 bits per heavy atom. The summed E-state index contributed by atoms with van der Waals surface area (Å²) in [5.74, 6) is -0.363. The van der Waals surface area contributed by atoms with E-state index in [-0.39, 0.29) is 44.4 Å². The molecule has 2 aliphatic rings. The van der Waals surface area contributed by atoms with Crippen molar-refractivity contribution in [2.24, 2.45) is 0 Å². The van der Waals surface area contributed by atoms with E-state index in [0.29, 0.717) is 22.0 Å². The Morgan fingerprint density at radius 2 is 1.94 bits per heavy atom. The highest BCUT2D eigenvalue weighted by Crippen LogP contribution is 2.32. The van der Waals surface area contributed by atoms with Crippen LogP contribution in [0.5, 0.6) is 5.75 Å². The fourth-order valence-electron chi connectivity index (χ4n) is 6.31. The zero-order chi connectivity index (χ0) is 32.8. The summed E-state index contributed by atoms with van der Waals surface area (Å²) >= 11 is 1.37. The van der Waals surface area contributed by atoms with Crippen LogP contribution < -0.4 is 21.5 Å². The number of rotatable bonds is 8. The first kappa shape index (κ1) is 30.3. The predicted octanol–water partition coefficient (Wildman–Crippen LogP) is 2.50. The third-order valence-corrected chi connectivity index (χ3v) is 9.49. The molecule has 0 saturated carbocycles. The number of para-hydroxylation sites is 1. The van der Waals surface area contributed by atoms with Crippen molar-refractivity contribution in [3.05, 3.63) is 87.9 Å². The van der Waals surface area contributed by atoms with Gasteiger partial charge in [0.25, 0.3) is 0 Å². The van der Waals surface area contributed by atoms with Gasteiger partial charge in [0.05, 0.1) is 35.9 Å². The fourth-order valence-corrected chi connectivity index (χ4v) is 7.09. The van der Waals surface area contributed by atoms with Gasteiger partial charge in [0.15, 0.2) is 10.7 Å². The number of methoxy groups -OCH3 is 1. The van der Waals surface area contributed by atoms with E-state index in [4.69, 9.17) is 14.9 Å². The molecule has 2 aliphatic heterocycles. The van der Waals surface area contributed by atoms with Crippen LogP contribution in [-0.2, 0) is 29.1 Å². The number of H-pyrrole nitrogens is 1. The minimum atomic E-state index is -0.863. The van der Waals surface area contributed by atoms with E-state index in [9.17, 15) is 19.2 Å². The molecule has 2 fully saturated rings. The van der Waals surface area contributed by atoms with Crippen molar-refractivity contribution < 1.29 is 23.5 Å². The van der Waals surface area contributed by atoms with Crippen LogP contribution in [0.2, 0.25) is 0 Å². The first-order chi connectivity index (χ1) is 22.7. The van der Waals surface area contributed by atoms with E-state index in [1.54, 1.807) is 47.2 Å². The Labute approximate surface area is 272 Å². The fraction of sp³-hybridized carbons (Fsp3) is 0.281. The molecule has 4 N–H and O–H groups in total. The molecular formula is C32H32N8O6S. The maximum Gasteiger partial charge on any atom is 0.417 e. The molecule has 5 aromatic rings. The number of aromatic amines is 1. The number of ether oxygens (including phenoxy) is 1. The van der Waals surface area contributed by atoms with Gasteiger partial charge in [-0.25, -0.2) is 14.6 Å². The third-order valence-electron chi connectivity index (χ3n) is 8.64. The second-order valence-electron chi connectivity index (χ2n) is 11.5. The van der Waals surface area contributed by atoms with Gasteiger partial charge in [0, 0.05) is 26.6 Å². The van der Waals surface area contributed by atoms with E-state index in [1.807, 2.05) is 42.5 Å². The number of hydrazine groups is 1. The van der Waals surface area contributed by atoms with Crippen molar-refractivity contribution in [1.82, 2.24) is 35.1 Å². The van der Waals surface area contributed by atoms with Crippen molar-refractivity contribution in [2.45, 2.75) is 31.7 Å². The van der Waals surface area contributed by atoms with Crippen LogP contribution in [0.25, 0.3) is 21.3 Å². The molecule has 7 rings (SSSR count). The van der Waals surface area contributed by atoms with E-state index in [1.165, 1.54) is 16.3 Å². The average molecular weight is 657 g/mol. The molecule has 2 aromatic heterocycles. The number of thiazole rings is 1. The number of fused-ring (bicyclic) bond motifs is 3. The van der Waals surface area contributed by atoms with Crippen LogP contribution in [0, 0.1) is 0 Å². The summed E-state index contributed by atoms with van der Waals surface area (Å²) in [5.41, 5.74) is 10.1. The smallest absolute Gasteiger partial charge is 0.417 e. The maximum absolute atomic E-state index is 14.2. The highest BCUT2D eigenvalue weighted by molar-refractivity contribution is 7.22. The Morgan fingerprint density at radius 1 is 1.15 bits per heavy atom. The van der Waals surface area contributed by atoms with Gasteiger partial charge < -0.3 is 30.0 Å². The summed E-state index contributed by atoms with van der Waals surface area (Å²) < 4.78 is 11.3. The molecule has 47 heavy (non-hydrogen) atoms. The number of oxazole rings is 1. The van der Waals surface area contributed by atoms with Crippen LogP contribution >= 0.6 is 11.3 Å². The SMILES string of the molecule is COc1ccc(CNC(=O)N(C)N2CC(=O)N3[C@@H](Cc4ccc5oc(=O)[nH]c5c4)C(=O)N(Cc4cccc5sc(N)nc45)C[C@@H]32)cc1. The molecule has 0 aliphatic carbocycles. The molecule has 15 heteroatoms. The van der Waals surface area contributed by atoms with Crippen molar-refractivity contribution in [2.75, 3.05) is 33.0 Å². The summed E-state index contributed by atoms with van der Waals surface area (Å²) in [4.78, 5) is 63.5. The largest absolute Gasteiger partial charge is 0.497 e. The number of aromatic nitrogens is 2. The van der Waals surface area contributed by atoms with Crippen LogP contribution in [0.4, 0.5) is 9.93 Å². The third kappa shape index (κ3) is 5.74. The number of nitrogens with two attached hydrogens (primary N) is 1. The average Bonchev–Trinajstić information content (AvgIpc) is 3.74. The molecule has 4 heterocycles. The number of amides is 4. The molecule has 0 unspecified atom stereocenters. The number of hydrogen-bond acceptors (Lipinski definition) is 10. The van der Waals surface area contributed by atoms with Crippen LogP contribution in [0.3, 0.4) is 0 Å². The molecular weight excluding hydrogens is 624 g/mol. The molecule has 3 aromatic carbocycles. The summed E-state index contributed by atoms with van der Waals surface area (Å²) in [5, 5.41) is 6.44. The number of urea groups is 1. The van der Waals surface area contributed by atoms with Gasteiger partial charge in [-0.05, 0) is 47.0 Å². The summed E-state index contributed by atoms with van der Waals surface area (Å²) in [6, 6.07) is 17.0. The first-order valence-corrected chi connectivity index (χ1v) is 15.8. The standard InChI is InChI=1S/C32H32N8O6S/c1-37(31(43)34-14-18-6-9-21(45-2)10-7-18)39-17-27(41)40-23(13-19-8-11-24-22(12-19)35-32(44)46-24)29(42)38(16-26(39)40)15-20-4-3-5-25-28(20)36-30(33)47-25/h3-12,23,26H,13-17H2,1-2H3,(H2,33,36)(H,34,43)(H,35,44)/t23-,26+/m0/s1. The van der Waals surface area contributed by atoms with Gasteiger partial charge in [0.2, 0.25) is 11.8 Å².